The molecule has 2 N–H and O–H groups in total. The molecule has 0 heterocycles. The molecule has 118 valence electrons. The number of aryl methyl sites for hydroxylation is 2. The molecule has 0 fully saturated rings. The van der Waals surface area contributed by atoms with Crippen LogP contribution < -0.4 is 5.32 Å². The van der Waals surface area contributed by atoms with E-state index >= 15 is 0 Å². The van der Waals surface area contributed by atoms with Crippen molar-refractivity contribution >= 4 is 17.6 Å². The lowest BCUT2D eigenvalue weighted by Gasteiger charge is -2.24. The monoisotopic (exact) mass is 309 g/mol. The lowest BCUT2D eigenvalue weighted by molar-refractivity contribution is -0.117. The summed E-state index contributed by atoms with van der Waals surface area (Å²) in [7, 11) is 0. The van der Waals surface area contributed by atoms with Crippen molar-refractivity contribution in [3.63, 3.8) is 0 Å². The zero-order valence-electron chi connectivity index (χ0n) is 13.0. The molecule has 23 heavy (non-hydrogen) atoms. The molecular weight excluding hydrogens is 290 g/mol. The van der Waals surface area contributed by atoms with Crippen molar-refractivity contribution in [1.82, 2.24) is 0 Å². The Bertz CT molecular complexity index is 767. The van der Waals surface area contributed by atoms with E-state index in [0.29, 0.717) is 11.3 Å². The van der Waals surface area contributed by atoms with Gasteiger partial charge in [0.25, 0.3) is 0 Å². The minimum atomic E-state index is -0.957. The number of fused-ring (bicyclic) bond motifs is 1. The zero-order chi connectivity index (χ0) is 16.4. The smallest absolute Gasteiger partial charge is 0.335 e. The lowest BCUT2D eigenvalue weighted by Crippen LogP contribution is -2.24. The number of anilines is 1. The van der Waals surface area contributed by atoms with E-state index < -0.39 is 5.97 Å². The largest absolute Gasteiger partial charge is 0.478 e. The van der Waals surface area contributed by atoms with Gasteiger partial charge in [-0.25, -0.2) is 4.79 Å². The van der Waals surface area contributed by atoms with Gasteiger partial charge >= 0.3 is 5.97 Å². The number of aromatic carboxylic acids is 1. The maximum Gasteiger partial charge on any atom is 0.335 e. The molecule has 1 aliphatic carbocycles. The van der Waals surface area contributed by atoms with Crippen molar-refractivity contribution in [3.05, 3.63) is 64.7 Å². The first-order chi connectivity index (χ1) is 11.1. The minimum Gasteiger partial charge on any atom is -0.478 e. The topological polar surface area (TPSA) is 66.4 Å². The third-order valence-electron chi connectivity index (χ3n) is 4.41. The van der Waals surface area contributed by atoms with E-state index in [1.165, 1.54) is 11.6 Å². The Kier molecular flexibility index (Phi) is 4.15. The predicted octanol–water partition coefficient (Wildman–Crippen LogP) is 3.75. The molecule has 1 amide bonds. The van der Waals surface area contributed by atoms with Crippen molar-refractivity contribution in [2.75, 3.05) is 5.32 Å². The van der Waals surface area contributed by atoms with Crippen LogP contribution in [0.5, 0.6) is 0 Å². The normalized spacial score (nSPS) is 16.5. The number of benzene rings is 2. The highest BCUT2D eigenvalue weighted by atomic mass is 16.4. The van der Waals surface area contributed by atoms with E-state index in [1.54, 1.807) is 19.1 Å². The van der Waals surface area contributed by atoms with Crippen LogP contribution in [0.4, 0.5) is 5.69 Å². The molecule has 0 bridgehead atoms. The number of carbonyl (C=O) groups is 2. The van der Waals surface area contributed by atoms with Crippen LogP contribution in [0.1, 0.15) is 45.8 Å². The van der Waals surface area contributed by atoms with Crippen LogP contribution >= 0.6 is 0 Å². The first-order valence-corrected chi connectivity index (χ1v) is 7.79. The number of hydrogen-bond acceptors (Lipinski definition) is 2. The number of nitrogens with one attached hydrogen (secondary N) is 1. The van der Waals surface area contributed by atoms with Gasteiger partial charge in [-0.15, -0.1) is 0 Å². The molecule has 0 saturated carbocycles. The number of amides is 1. The second-order valence-corrected chi connectivity index (χ2v) is 5.97. The summed E-state index contributed by atoms with van der Waals surface area (Å²) in [4.78, 5) is 23.7. The SMILES string of the molecule is Cc1cc(NC(=O)C2CCCc3ccccc32)ccc1C(=O)O. The summed E-state index contributed by atoms with van der Waals surface area (Å²) in [5.41, 5.74) is 3.89. The highest BCUT2D eigenvalue weighted by Crippen LogP contribution is 2.32. The fraction of sp³-hybridized carbons (Fsp3) is 0.263. The number of hydrogen-bond donors (Lipinski definition) is 2. The maximum absolute atomic E-state index is 12.6. The number of carbonyl (C=O) groups excluding carboxylic acids is 1. The van der Waals surface area contributed by atoms with Crippen LogP contribution in [-0.2, 0) is 11.2 Å². The molecule has 4 nitrogen and oxygen atoms in total. The van der Waals surface area contributed by atoms with Gasteiger partial charge in [-0.1, -0.05) is 24.3 Å². The first kappa shape index (κ1) is 15.3. The summed E-state index contributed by atoms with van der Waals surface area (Å²) in [6.45, 7) is 1.73. The third-order valence-corrected chi connectivity index (χ3v) is 4.41. The molecule has 2 aromatic rings. The Hall–Kier alpha value is -2.62. The van der Waals surface area contributed by atoms with Crippen molar-refractivity contribution < 1.29 is 14.7 Å². The Morgan fingerprint density at radius 2 is 1.96 bits per heavy atom. The van der Waals surface area contributed by atoms with Gasteiger partial charge in [0.2, 0.25) is 5.91 Å². The highest BCUT2D eigenvalue weighted by molar-refractivity contribution is 5.97. The van der Waals surface area contributed by atoms with Crippen LogP contribution in [0.15, 0.2) is 42.5 Å². The maximum atomic E-state index is 12.6. The Balaban J connectivity index is 1.80. The molecule has 0 radical (unpaired) electrons. The number of rotatable bonds is 3. The molecule has 4 heteroatoms. The van der Waals surface area contributed by atoms with Crippen molar-refractivity contribution in [2.24, 2.45) is 0 Å². The summed E-state index contributed by atoms with van der Waals surface area (Å²) in [5, 5.41) is 12.0. The van der Waals surface area contributed by atoms with Gasteiger partial charge in [0, 0.05) is 5.69 Å². The molecular formula is C19H19NO3. The van der Waals surface area contributed by atoms with Gasteiger partial charge in [0.1, 0.15) is 0 Å². The van der Waals surface area contributed by atoms with Crippen molar-refractivity contribution in [2.45, 2.75) is 32.1 Å². The summed E-state index contributed by atoms with van der Waals surface area (Å²) in [6.07, 6.45) is 2.87. The molecule has 3 rings (SSSR count). The average molecular weight is 309 g/mol. The third kappa shape index (κ3) is 3.11. The molecule has 0 aromatic heterocycles. The quantitative estimate of drug-likeness (QED) is 0.907. The van der Waals surface area contributed by atoms with Crippen LogP contribution in [0.25, 0.3) is 0 Å². The Morgan fingerprint density at radius 1 is 1.17 bits per heavy atom. The molecule has 1 aliphatic rings. The number of carboxylic acid groups (broad SMARTS) is 1. The molecule has 1 atom stereocenters. The predicted molar refractivity (Wildman–Crippen MR) is 88.9 cm³/mol. The first-order valence-electron chi connectivity index (χ1n) is 7.79. The van der Waals surface area contributed by atoms with E-state index in [4.69, 9.17) is 5.11 Å². The summed E-state index contributed by atoms with van der Waals surface area (Å²) in [5.74, 6) is -1.12. The summed E-state index contributed by atoms with van der Waals surface area (Å²) >= 11 is 0. The van der Waals surface area contributed by atoms with E-state index in [0.717, 1.165) is 24.8 Å². The van der Waals surface area contributed by atoms with E-state index in [1.807, 2.05) is 18.2 Å². The van der Waals surface area contributed by atoms with Crippen molar-refractivity contribution in [1.29, 1.82) is 0 Å². The minimum absolute atomic E-state index is 0.0281. The van der Waals surface area contributed by atoms with Gasteiger partial charge < -0.3 is 10.4 Å². The van der Waals surface area contributed by atoms with Gasteiger partial charge in [0.15, 0.2) is 0 Å². The molecule has 0 aliphatic heterocycles. The number of carboxylic acids is 1. The van der Waals surface area contributed by atoms with E-state index in [2.05, 4.69) is 11.4 Å². The van der Waals surface area contributed by atoms with E-state index in [9.17, 15) is 9.59 Å². The molecule has 2 aromatic carbocycles. The highest BCUT2D eigenvalue weighted by Gasteiger charge is 2.26. The standard InChI is InChI=1S/C19H19NO3/c1-12-11-14(9-10-15(12)19(22)23)20-18(21)17-8-4-6-13-5-2-3-7-16(13)17/h2-3,5,7,9-11,17H,4,6,8H2,1H3,(H,20,21)(H,22,23). The second kappa shape index (κ2) is 6.24. The van der Waals surface area contributed by atoms with E-state index in [-0.39, 0.29) is 17.4 Å². The van der Waals surface area contributed by atoms with Crippen LogP contribution in [0.2, 0.25) is 0 Å². The fourth-order valence-corrected chi connectivity index (χ4v) is 3.24. The second-order valence-electron chi connectivity index (χ2n) is 5.97. The van der Waals surface area contributed by atoms with Crippen LogP contribution in [-0.4, -0.2) is 17.0 Å². The Morgan fingerprint density at radius 3 is 2.70 bits per heavy atom. The van der Waals surface area contributed by atoms with Gasteiger partial charge in [-0.05, 0) is 61.1 Å². The van der Waals surface area contributed by atoms with Gasteiger partial charge in [0.05, 0.1) is 11.5 Å². The molecule has 0 spiro atoms. The zero-order valence-corrected chi connectivity index (χ0v) is 13.0. The average Bonchev–Trinajstić information content (AvgIpc) is 2.54. The Labute approximate surface area is 135 Å². The summed E-state index contributed by atoms with van der Waals surface area (Å²) < 4.78 is 0. The van der Waals surface area contributed by atoms with Crippen molar-refractivity contribution in [3.8, 4) is 0 Å². The lowest BCUT2D eigenvalue weighted by atomic mass is 9.82. The van der Waals surface area contributed by atoms with Gasteiger partial charge in [-0.2, -0.15) is 0 Å². The van der Waals surface area contributed by atoms with Crippen LogP contribution in [0.3, 0.4) is 0 Å². The fourth-order valence-electron chi connectivity index (χ4n) is 3.24. The van der Waals surface area contributed by atoms with Gasteiger partial charge in [-0.3, -0.25) is 4.79 Å². The molecule has 1 unspecified atom stereocenters. The van der Waals surface area contributed by atoms with Crippen LogP contribution in [0, 0.1) is 6.92 Å². The summed E-state index contributed by atoms with van der Waals surface area (Å²) in [6, 6.07) is 13.0. The molecule has 0 saturated heterocycles.